The summed E-state index contributed by atoms with van der Waals surface area (Å²) in [5, 5.41) is 2.49. The topological polar surface area (TPSA) is 64.3 Å². The molecule has 1 aromatic rings. The number of halogens is 1. The highest BCUT2D eigenvalue weighted by Gasteiger charge is 2.11. The average molecular weight is 212 g/mol. The van der Waals surface area contributed by atoms with Gasteiger partial charge in [-0.1, -0.05) is 0 Å². The highest BCUT2D eigenvalue weighted by Crippen LogP contribution is 2.15. The van der Waals surface area contributed by atoms with Gasteiger partial charge in [0.1, 0.15) is 11.9 Å². The lowest BCUT2D eigenvalue weighted by Crippen LogP contribution is -2.26. The maximum atomic E-state index is 12.9. The second-order valence-corrected chi connectivity index (χ2v) is 3.14. The van der Waals surface area contributed by atoms with Crippen LogP contribution in [0, 0.1) is 5.82 Å². The second kappa shape index (κ2) is 4.75. The van der Waals surface area contributed by atoms with Crippen molar-refractivity contribution in [1.82, 2.24) is 0 Å². The molecular weight excluding hydrogens is 199 g/mol. The summed E-state index contributed by atoms with van der Waals surface area (Å²) in [5.41, 5.74) is 6.00. The molecule has 0 radical (unpaired) electrons. The molecule has 15 heavy (non-hydrogen) atoms. The molecular formula is C10H13FN2O2. The van der Waals surface area contributed by atoms with Gasteiger partial charge in [0.2, 0.25) is 0 Å². The number of carbonyl (C=O) groups is 1. The van der Waals surface area contributed by atoms with Crippen molar-refractivity contribution >= 4 is 17.3 Å². The summed E-state index contributed by atoms with van der Waals surface area (Å²) in [7, 11) is 1.42. The lowest BCUT2D eigenvalue weighted by molar-refractivity contribution is -0.124. The number of ether oxygens (including phenoxy) is 1. The maximum Gasteiger partial charge on any atom is 0.253 e. The number of nitrogens with two attached hydrogens (primary N) is 1. The fourth-order valence-electron chi connectivity index (χ4n) is 1.04. The zero-order valence-corrected chi connectivity index (χ0v) is 8.58. The van der Waals surface area contributed by atoms with Gasteiger partial charge in [-0.05, 0) is 25.1 Å². The molecule has 0 heterocycles. The van der Waals surface area contributed by atoms with Crippen molar-refractivity contribution in [3.63, 3.8) is 0 Å². The predicted octanol–water partition coefficient (Wildman–Crippen LogP) is 1.38. The zero-order valence-electron chi connectivity index (χ0n) is 8.58. The van der Waals surface area contributed by atoms with E-state index in [0.29, 0.717) is 5.69 Å². The van der Waals surface area contributed by atoms with E-state index in [0.717, 1.165) is 0 Å². The number of anilines is 2. The molecule has 1 atom stereocenters. The van der Waals surface area contributed by atoms with E-state index in [-0.39, 0.29) is 11.6 Å². The normalized spacial score (nSPS) is 12.2. The molecule has 82 valence electrons. The molecule has 1 rings (SSSR count). The summed E-state index contributed by atoms with van der Waals surface area (Å²) in [6.07, 6.45) is -0.588. The van der Waals surface area contributed by atoms with Gasteiger partial charge in [-0.15, -0.1) is 0 Å². The van der Waals surface area contributed by atoms with Crippen molar-refractivity contribution in [2.75, 3.05) is 18.2 Å². The van der Waals surface area contributed by atoms with Crippen LogP contribution in [0.4, 0.5) is 15.8 Å². The van der Waals surface area contributed by atoms with Crippen molar-refractivity contribution in [2.45, 2.75) is 13.0 Å². The van der Waals surface area contributed by atoms with Crippen molar-refractivity contribution in [3.8, 4) is 0 Å². The van der Waals surface area contributed by atoms with Gasteiger partial charge >= 0.3 is 0 Å². The summed E-state index contributed by atoms with van der Waals surface area (Å²) < 4.78 is 17.7. The van der Waals surface area contributed by atoms with Gasteiger partial charge in [-0.25, -0.2) is 4.39 Å². The number of hydrogen-bond donors (Lipinski definition) is 2. The Bertz CT molecular complexity index is 348. The molecule has 1 aromatic carbocycles. The maximum absolute atomic E-state index is 12.9. The Kier molecular flexibility index (Phi) is 3.62. The molecule has 0 spiro atoms. The minimum atomic E-state index is -0.588. The lowest BCUT2D eigenvalue weighted by Gasteiger charge is -2.10. The number of nitrogen functional groups attached to an aromatic ring is 1. The molecule has 1 unspecified atom stereocenters. The van der Waals surface area contributed by atoms with E-state index in [9.17, 15) is 9.18 Å². The molecule has 4 nitrogen and oxygen atoms in total. The Balaban J connectivity index is 2.76. The Morgan fingerprint density at radius 3 is 2.73 bits per heavy atom. The standard InChI is InChI=1S/C10H13FN2O2/c1-6(15-2)10(14)13-9-4-7(11)3-8(12)5-9/h3-6H,12H2,1-2H3,(H,13,14). The van der Waals surface area contributed by atoms with E-state index in [1.54, 1.807) is 6.92 Å². The van der Waals surface area contributed by atoms with Gasteiger partial charge in [0, 0.05) is 18.5 Å². The van der Waals surface area contributed by atoms with Crippen molar-refractivity contribution in [1.29, 1.82) is 0 Å². The molecule has 5 heteroatoms. The monoisotopic (exact) mass is 212 g/mol. The number of rotatable bonds is 3. The molecule has 0 aliphatic carbocycles. The summed E-state index contributed by atoms with van der Waals surface area (Å²) in [5.74, 6) is -0.835. The Morgan fingerprint density at radius 2 is 2.20 bits per heavy atom. The van der Waals surface area contributed by atoms with Gasteiger partial charge in [-0.3, -0.25) is 4.79 Å². The van der Waals surface area contributed by atoms with Crippen LogP contribution in [0.2, 0.25) is 0 Å². The van der Waals surface area contributed by atoms with Gasteiger partial charge in [-0.2, -0.15) is 0 Å². The first-order valence-electron chi connectivity index (χ1n) is 4.42. The molecule has 0 saturated heterocycles. The highest BCUT2D eigenvalue weighted by atomic mass is 19.1. The number of hydrogen-bond acceptors (Lipinski definition) is 3. The SMILES string of the molecule is COC(C)C(=O)Nc1cc(N)cc(F)c1. The summed E-state index contributed by atoms with van der Waals surface area (Å²) in [4.78, 5) is 11.4. The first kappa shape index (κ1) is 11.5. The Morgan fingerprint density at radius 1 is 1.53 bits per heavy atom. The first-order valence-corrected chi connectivity index (χ1v) is 4.42. The van der Waals surface area contributed by atoms with Crippen LogP contribution in [-0.2, 0) is 9.53 Å². The van der Waals surface area contributed by atoms with Gasteiger partial charge < -0.3 is 15.8 Å². The van der Waals surface area contributed by atoms with E-state index in [1.165, 1.54) is 25.3 Å². The smallest absolute Gasteiger partial charge is 0.253 e. The van der Waals surface area contributed by atoms with Crippen LogP contribution in [0.5, 0.6) is 0 Å². The third-order valence-electron chi connectivity index (χ3n) is 1.91. The average Bonchev–Trinajstić information content (AvgIpc) is 2.14. The van der Waals surface area contributed by atoms with Crippen molar-refractivity contribution < 1.29 is 13.9 Å². The molecule has 0 aromatic heterocycles. The van der Waals surface area contributed by atoms with Crippen LogP contribution in [0.3, 0.4) is 0 Å². The Hall–Kier alpha value is -1.62. The van der Waals surface area contributed by atoms with Crippen LogP contribution < -0.4 is 11.1 Å². The number of amides is 1. The lowest BCUT2D eigenvalue weighted by atomic mass is 10.2. The second-order valence-electron chi connectivity index (χ2n) is 3.14. The van der Waals surface area contributed by atoms with E-state index in [2.05, 4.69) is 5.32 Å². The van der Waals surface area contributed by atoms with Crippen LogP contribution in [-0.4, -0.2) is 19.1 Å². The fourth-order valence-corrected chi connectivity index (χ4v) is 1.04. The molecule has 0 fully saturated rings. The van der Waals surface area contributed by atoms with E-state index < -0.39 is 11.9 Å². The molecule has 0 bridgehead atoms. The van der Waals surface area contributed by atoms with Crippen LogP contribution in [0.15, 0.2) is 18.2 Å². The van der Waals surface area contributed by atoms with Crippen molar-refractivity contribution in [3.05, 3.63) is 24.0 Å². The van der Waals surface area contributed by atoms with E-state index in [1.807, 2.05) is 0 Å². The van der Waals surface area contributed by atoms with Crippen molar-refractivity contribution in [2.24, 2.45) is 0 Å². The number of benzene rings is 1. The minimum absolute atomic E-state index is 0.260. The highest BCUT2D eigenvalue weighted by molar-refractivity contribution is 5.94. The quantitative estimate of drug-likeness (QED) is 0.744. The molecule has 3 N–H and O–H groups in total. The van der Waals surface area contributed by atoms with Gasteiger partial charge in [0.05, 0.1) is 0 Å². The molecule has 0 saturated carbocycles. The third kappa shape index (κ3) is 3.21. The number of carbonyl (C=O) groups excluding carboxylic acids is 1. The molecule has 0 aliphatic rings. The third-order valence-corrected chi connectivity index (χ3v) is 1.91. The van der Waals surface area contributed by atoms with Crippen LogP contribution in [0.25, 0.3) is 0 Å². The van der Waals surface area contributed by atoms with Gasteiger partial charge in [0.25, 0.3) is 5.91 Å². The molecule has 0 aliphatic heterocycles. The minimum Gasteiger partial charge on any atom is -0.399 e. The summed E-state index contributed by atoms with van der Waals surface area (Å²) in [6.45, 7) is 1.60. The van der Waals surface area contributed by atoms with E-state index in [4.69, 9.17) is 10.5 Å². The fraction of sp³-hybridized carbons (Fsp3) is 0.300. The van der Waals surface area contributed by atoms with Crippen LogP contribution >= 0.6 is 0 Å². The molecule has 1 amide bonds. The summed E-state index contributed by atoms with van der Waals surface area (Å²) in [6, 6.07) is 3.84. The van der Waals surface area contributed by atoms with E-state index >= 15 is 0 Å². The first-order chi connectivity index (χ1) is 7.02. The van der Waals surface area contributed by atoms with Crippen LogP contribution in [0.1, 0.15) is 6.92 Å². The Labute approximate surface area is 87.2 Å². The summed E-state index contributed by atoms with van der Waals surface area (Å²) >= 11 is 0. The number of methoxy groups -OCH3 is 1. The zero-order chi connectivity index (χ0) is 11.4. The number of nitrogens with one attached hydrogen (secondary N) is 1. The predicted molar refractivity (Wildman–Crippen MR) is 55.9 cm³/mol. The largest absolute Gasteiger partial charge is 0.399 e. The van der Waals surface area contributed by atoms with Gasteiger partial charge in [0.15, 0.2) is 0 Å².